The quantitative estimate of drug-likeness (QED) is 0.661. The van der Waals surface area contributed by atoms with Crippen molar-refractivity contribution in [2.75, 3.05) is 18.1 Å². The molecule has 156 valence electrons. The second-order valence-electron chi connectivity index (χ2n) is 6.74. The van der Waals surface area contributed by atoms with E-state index in [-0.39, 0.29) is 28.8 Å². The van der Waals surface area contributed by atoms with Crippen molar-refractivity contribution >= 4 is 44.9 Å². The van der Waals surface area contributed by atoms with E-state index >= 15 is 0 Å². The molecule has 1 saturated heterocycles. The molecule has 1 atom stereocenters. The molecular weight excluding hydrogens is 441 g/mol. The molecule has 1 aromatic carbocycles. The number of esters is 1. The molecule has 2 heterocycles. The van der Waals surface area contributed by atoms with Crippen molar-refractivity contribution in [2.45, 2.75) is 25.9 Å². The number of halogens is 2. The lowest BCUT2D eigenvalue weighted by Crippen LogP contribution is -2.38. The number of nitrogens with one attached hydrogen (secondary N) is 1. The molecule has 11 heteroatoms. The van der Waals surface area contributed by atoms with Crippen LogP contribution in [0.2, 0.25) is 10.2 Å². The number of rotatable bonds is 6. The molecule has 0 bridgehead atoms. The number of aryl methyl sites for hydroxylation is 1. The number of amides is 1. The van der Waals surface area contributed by atoms with Crippen LogP contribution in [0.5, 0.6) is 0 Å². The van der Waals surface area contributed by atoms with E-state index in [0.29, 0.717) is 17.1 Å². The number of benzene rings is 1. The topological polar surface area (TPSA) is 107 Å². The number of carbonyl (C=O) groups is 2. The number of hydrogen-bond acceptors (Lipinski definition) is 6. The highest BCUT2D eigenvalue weighted by atomic mass is 35.5. The van der Waals surface area contributed by atoms with Crippen molar-refractivity contribution in [2.24, 2.45) is 0 Å². The van der Waals surface area contributed by atoms with Crippen molar-refractivity contribution in [1.82, 2.24) is 15.1 Å². The Bertz CT molecular complexity index is 1050. The molecule has 1 aliphatic heterocycles. The normalized spacial score (nSPS) is 17.8. The van der Waals surface area contributed by atoms with E-state index in [0.717, 1.165) is 5.56 Å². The van der Waals surface area contributed by atoms with Gasteiger partial charge in [0.1, 0.15) is 10.7 Å². The van der Waals surface area contributed by atoms with Gasteiger partial charge in [-0.15, -0.1) is 0 Å². The number of ether oxygens (including phenoxy) is 1. The predicted octanol–water partition coefficient (Wildman–Crippen LogP) is 2.01. The van der Waals surface area contributed by atoms with Crippen LogP contribution in [0.4, 0.5) is 0 Å². The van der Waals surface area contributed by atoms with Crippen molar-refractivity contribution in [3.05, 3.63) is 51.3 Å². The van der Waals surface area contributed by atoms with Crippen LogP contribution in [0, 0.1) is 6.92 Å². The van der Waals surface area contributed by atoms with E-state index in [1.54, 1.807) is 19.1 Å². The summed E-state index contributed by atoms with van der Waals surface area (Å²) in [6, 6.07) is 6.73. The molecule has 8 nitrogen and oxygen atoms in total. The largest absolute Gasteiger partial charge is 0.452 e. The van der Waals surface area contributed by atoms with Gasteiger partial charge in [0.15, 0.2) is 16.4 Å². The molecule has 1 fully saturated rings. The number of sulfone groups is 1. The molecule has 1 aliphatic rings. The SMILES string of the molecule is Cc1nn(Cc2ccccc2Cl)c(Cl)c1C(=O)OCC(=O)N[C@@H]1CCS(=O)(=O)C1. The van der Waals surface area contributed by atoms with Crippen LogP contribution in [-0.2, 0) is 25.9 Å². The minimum absolute atomic E-state index is 0.0388. The van der Waals surface area contributed by atoms with Crippen LogP contribution in [0.3, 0.4) is 0 Å². The van der Waals surface area contributed by atoms with Gasteiger partial charge in [-0.05, 0) is 25.0 Å². The minimum Gasteiger partial charge on any atom is -0.452 e. The maximum atomic E-state index is 12.4. The van der Waals surface area contributed by atoms with Gasteiger partial charge < -0.3 is 10.1 Å². The van der Waals surface area contributed by atoms with Gasteiger partial charge in [0.25, 0.3) is 5.91 Å². The van der Waals surface area contributed by atoms with E-state index in [9.17, 15) is 18.0 Å². The Kier molecular flexibility index (Phi) is 6.50. The van der Waals surface area contributed by atoms with Crippen LogP contribution in [0.25, 0.3) is 0 Å². The first-order valence-corrected chi connectivity index (χ1v) is 11.4. The average molecular weight is 460 g/mol. The summed E-state index contributed by atoms with van der Waals surface area (Å²) >= 11 is 12.4. The van der Waals surface area contributed by atoms with Crippen LogP contribution in [0.15, 0.2) is 24.3 Å². The molecule has 0 saturated carbocycles. The third-order valence-electron chi connectivity index (χ3n) is 4.48. The lowest BCUT2D eigenvalue weighted by Gasteiger charge is -2.11. The Balaban J connectivity index is 1.61. The first-order chi connectivity index (χ1) is 13.7. The van der Waals surface area contributed by atoms with E-state index in [2.05, 4.69) is 10.4 Å². The monoisotopic (exact) mass is 459 g/mol. The van der Waals surface area contributed by atoms with Crippen molar-refractivity contribution in [3.63, 3.8) is 0 Å². The van der Waals surface area contributed by atoms with Crippen LogP contribution < -0.4 is 5.32 Å². The molecule has 0 unspecified atom stereocenters. The summed E-state index contributed by atoms with van der Waals surface area (Å²) in [5.41, 5.74) is 1.20. The first-order valence-electron chi connectivity index (χ1n) is 8.79. The summed E-state index contributed by atoms with van der Waals surface area (Å²) in [7, 11) is -3.11. The van der Waals surface area contributed by atoms with E-state index < -0.39 is 34.4 Å². The zero-order valence-corrected chi connectivity index (χ0v) is 17.9. The average Bonchev–Trinajstić information content (AvgIpc) is 3.13. The van der Waals surface area contributed by atoms with Gasteiger partial charge >= 0.3 is 5.97 Å². The van der Waals surface area contributed by atoms with Crippen LogP contribution in [0.1, 0.15) is 28.0 Å². The van der Waals surface area contributed by atoms with Crippen molar-refractivity contribution in [3.8, 4) is 0 Å². The molecule has 1 aromatic heterocycles. The molecule has 1 N–H and O–H groups in total. The Morgan fingerprint density at radius 3 is 2.69 bits per heavy atom. The summed E-state index contributed by atoms with van der Waals surface area (Å²) in [4.78, 5) is 24.3. The fourth-order valence-corrected chi connectivity index (χ4v) is 5.24. The molecule has 1 amide bonds. The Labute approximate surface area is 178 Å². The number of hydrogen-bond donors (Lipinski definition) is 1. The first kappa shape index (κ1) is 21.6. The maximum absolute atomic E-state index is 12.4. The zero-order chi connectivity index (χ0) is 21.2. The zero-order valence-electron chi connectivity index (χ0n) is 15.5. The summed E-state index contributed by atoms with van der Waals surface area (Å²) in [5.74, 6) is -1.42. The number of carbonyl (C=O) groups excluding carboxylic acids is 2. The van der Waals surface area contributed by atoms with Gasteiger partial charge in [0.05, 0.1) is 23.7 Å². The smallest absolute Gasteiger partial charge is 0.343 e. The molecule has 2 aromatic rings. The van der Waals surface area contributed by atoms with E-state index in [1.165, 1.54) is 4.68 Å². The van der Waals surface area contributed by atoms with Crippen molar-refractivity contribution in [1.29, 1.82) is 0 Å². The Morgan fingerprint density at radius 2 is 2.03 bits per heavy atom. The molecule has 0 spiro atoms. The highest BCUT2D eigenvalue weighted by Crippen LogP contribution is 2.24. The molecular formula is C18H19Cl2N3O5S. The standard InChI is InChI=1S/C18H19Cl2N3O5S/c1-11-16(17(20)23(22-11)8-12-4-2-3-5-14(12)19)18(25)28-9-15(24)21-13-6-7-29(26,27)10-13/h2-5,13H,6-10H2,1H3,(H,21,24)/t13-/m1/s1. The number of nitrogens with zero attached hydrogens (tertiary/aromatic N) is 2. The van der Waals surface area contributed by atoms with Crippen LogP contribution >= 0.6 is 23.2 Å². The molecule has 0 aliphatic carbocycles. The summed E-state index contributed by atoms with van der Waals surface area (Å²) in [6.07, 6.45) is 0.349. The van der Waals surface area contributed by atoms with Crippen LogP contribution in [-0.4, -0.2) is 54.2 Å². The summed E-state index contributed by atoms with van der Waals surface area (Å²) in [5, 5.41) is 7.43. The molecule has 0 radical (unpaired) electrons. The Hall–Kier alpha value is -2.10. The number of aromatic nitrogens is 2. The lowest BCUT2D eigenvalue weighted by atomic mass is 10.2. The van der Waals surface area contributed by atoms with Gasteiger partial charge in [-0.2, -0.15) is 5.10 Å². The summed E-state index contributed by atoms with van der Waals surface area (Å²) < 4.78 is 29.3. The highest BCUT2D eigenvalue weighted by Gasteiger charge is 2.29. The second-order valence-corrected chi connectivity index (χ2v) is 9.74. The third kappa shape index (κ3) is 5.29. The minimum atomic E-state index is -3.11. The van der Waals surface area contributed by atoms with Crippen molar-refractivity contribution < 1.29 is 22.7 Å². The maximum Gasteiger partial charge on any atom is 0.343 e. The Morgan fingerprint density at radius 1 is 1.31 bits per heavy atom. The summed E-state index contributed by atoms with van der Waals surface area (Å²) in [6.45, 7) is 1.33. The predicted molar refractivity (Wildman–Crippen MR) is 108 cm³/mol. The van der Waals surface area contributed by atoms with Gasteiger partial charge in [0.2, 0.25) is 0 Å². The second kappa shape index (κ2) is 8.73. The van der Waals surface area contributed by atoms with Gasteiger partial charge in [-0.1, -0.05) is 41.4 Å². The van der Waals surface area contributed by atoms with E-state index in [4.69, 9.17) is 27.9 Å². The fourth-order valence-electron chi connectivity index (χ4n) is 3.06. The third-order valence-corrected chi connectivity index (χ3v) is 7.00. The van der Waals surface area contributed by atoms with E-state index in [1.807, 2.05) is 12.1 Å². The highest BCUT2D eigenvalue weighted by molar-refractivity contribution is 7.91. The lowest BCUT2D eigenvalue weighted by molar-refractivity contribution is -0.124. The fraction of sp³-hybridized carbons (Fsp3) is 0.389. The molecule has 3 rings (SSSR count). The van der Waals surface area contributed by atoms with Gasteiger partial charge in [-0.25, -0.2) is 17.9 Å². The molecule has 29 heavy (non-hydrogen) atoms. The van der Waals surface area contributed by atoms with Gasteiger partial charge in [-0.3, -0.25) is 4.79 Å². The van der Waals surface area contributed by atoms with Gasteiger partial charge in [0, 0.05) is 11.1 Å².